The Morgan fingerprint density at radius 1 is 1.13 bits per heavy atom. The molecule has 0 spiro atoms. The van der Waals surface area contributed by atoms with Crippen LogP contribution in [-0.4, -0.2) is 35.2 Å². The number of ether oxygens (including phenoxy) is 1. The molecule has 1 aromatic heterocycles. The maximum absolute atomic E-state index is 12.2. The average Bonchev–Trinajstić information content (AvgIpc) is 2.77. The summed E-state index contributed by atoms with van der Waals surface area (Å²) in [6.45, 7) is 7.31. The molecule has 0 saturated carbocycles. The lowest BCUT2D eigenvalue weighted by Crippen LogP contribution is -2.21. The smallest absolute Gasteiger partial charge is 0.345 e. The topological polar surface area (TPSA) is 54.8 Å². The lowest BCUT2D eigenvalue weighted by atomic mass is 10.2. The molecule has 154 valence electrons. The van der Waals surface area contributed by atoms with Gasteiger partial charge in [-0.2, -0.15) is 0 Å². The molecule has 2 aromatic carbocycles. The molecule has 0 amide bonds. The molecule has 0 saturated heterocycles. The fourth-order valence-electron chi connectivity index (χ4n) is 2.91. The summed E-state index contributed by atoms with van der Waals surface area (Å²) in [6.07, 6.45) is 4.76. The number of aliphatic imine (C=N–C) groups is 1. The maximum Gasteiger partial charge on any atom is 0.345 e. The predicted octanol–water partition coefficient (Wildman–Crippen LogP) is 5.55. The van der Waals surface area contributed by atoms with Crippen molar-refractivity contribution in [3.63, 3.8) is 0 Å². The number of pyridine rings is 1. The quantitative estimate of drug-likeness (QED) is 0.272. The highest BCUT2D eigenvalue weighted by molar-refractivity contribution is 6.31. The highest BCUT2D eigenvalue weighted by Gasteiger charge is 2.09. The molecule has 0 aliphatic rings. The van der Waals surface area contributed by atoms with Gasteiger partial charge in [-0.05, 0) is 66.7 Å². The van der Waals surface area contributed by atoms with Crippen LogP contribution >= 0.6 is 11.6 Å². The second kappa shape index (κ2) is 10.7. The van der Waals surface area contributed by atoms with Crippen molar-refractivity contribution >= 4 is 29.5 Å². The van der Waals surface area contributed by atoms with Gasteiger partial charge in [0.15, 0.2) is 0 Å². The second-order valence-corrected chi connectivity index (χ2v) is 7.17. The zero-order valence-electron chi connectivity index (χ0n) is 17.1. The van der Waals surface area contributed by atoms with E-state index in [0.717, 1.165) is 30.9 Å². The summed E-state index contributed by atoms with van der Waals surface area (Å²) in [5, 5.41) is 0.461. The third kappa shape index (κ3) is 6.24. The van der Waals surface area contributed by atoms with Gasteiger partial charge >= 0.3 is 5.97 Å². The molecule has 0 N–H and O–H groups in total. The van der Waals surface area contributed by atoms with Gasteiger partial charge in [0.1, 0.15) is 5.75 Å². The van der Waals surface area contributed by atoms with Gasteiger partial charge in [-0.1, -0.05) is 37.6 Å². The monoisotopic (exact) mass is 421 g/mol. The number of benzene rings is 2. The number of esters is 1. The molecule has 0 unspecified atom stereocenters. The van der Waals surface area contributed by atoms with E-state index in [9.17, 15) is 4.79 Å². The SMILES string of the molecule is CCN(CC)Cc1ccc(N=Cc2cc(Cl)cc(OC(=O)c3cccnc3)c2)cc1. The fourth-order valence-corrected chi connectivity index (χ4v) is 3.14. The number of carbonyl (C=O) groups is 1. The molecule has 5 nitrogen and oxygen atoms in total. The molecular weight excluding hydrogens is 398 g/mol. The van der Waals surface area contributed by atoms with Gasteiger partial charge in [0.05, 0.1) is 11.3 Å². The van der Waals surface area contributed by atoms with Crippen molar-refractivity contribution in [1.29, 1.82) is 0 Å². The first-order valence-electron chi connectivity index (χ1n) is 9.85. The summed E-state index contributed by atoms with van der Waals surface area (Å²) in [6, 6.07) is 16.6. The first-order valence-corrected chi connectivity index (χ1v) is 10.2. The number of nitrogens with zero attached hydrogens (tertiary/aromatic N) is 3. The van der Waals surface area contributed by atoms with E-state index in [4.69, 9.17) is 16.3 Å². The van der Waals surface area contributed by atoms with Crippen LogP contribution in [-0.2, 0) is 6.54 Å². The summed E-state index contributed by atoms with van der Waals surface area (Å²) in [5.41, 5.74) is 3.21. The van der Waals surface area contributed by atoms with Crippen LogP contribution in [0.25, 0.3) is 0 Å². The molecule has 0 bridgehead atoms. The first kappa shape index (κ1) is 21.7. The molecule has 3 aromatic rings. The fraction of sp³-hybridized carbons (Fsp3) is 0.208. The molecule has 0 fully saturated rings. The summed E-state index contributed by atoms with van der Waals surface area (Å²) in [7, 11) is 0. The Bertz CT molecular complexity index is 1000. The zero-order chi connectivity index (χ0) is 21.3. The Morgan fingerprint density at radius 2 is 1.90 bits per heavy atom. The molecule has 3 rings (SSSR count). The number of rotatable bonds is 8. The van der Waals surface area contributed by atoms with Crippen LogP contribution in [0.5, 0.6) is 5.75 Å². The Hall–Kier alpha value is -3.02. The van der Waals surface area contributed by atoms with Crippen molar-refractivity contribution < 1.29 is 9.53 Å². The lowest BCUT2D eigenvalue weighted by molar-refractivity contribution is 0.0734. The van der Waals surface area contributed by atoms with Crippen molar-refractivity contribution in [2.24, 2.45) is 4.99 Å². The maximum atomic E-state index is 12.2. The van der Waals surface area contributed by atoms with E-state index in [-0.39, 0.29) is 0 Å². The van der Waals surface area contributed by atoms with Crippen LogP contribution in [0.2, 0.25) is 5.02 Å². The molecule has 1 heterocycles. The minimum atomic E-state index is -0.489. The summed E-state index contributed by atoms with van der Waals surface area (Å²) >= 11 is 6.19. The van der Waals surface area contributed by atoms with E-state index in [1.807, 2.05) is 12.1 Å². The van der Waals surface area contributed by atoms with Crippen LogP contribution in [0.15, 0.2) is 72.0 Å². The Morgan fingerprint density at radius 3 is 2.57 bits per heavy atom. The molecule has 0 atom stereocenters. The molecule has 6 heteroatoms. The van der Waals surface area contributed by atoms with Gasteiger partial charge in [-0.15, -0.1) is 0 Å². The molecule has 0 aliphatic heterocycles. The summed E-state index contributed by atoms with van der Waals surface area (Å²) in [5.74, 6) is -0.135. The molecule has 30 heavy (non-hydrogen) atoms. The van der Waals surface area contributed by atoms with Gasteiger partial charge in [-0.25, -0.2) is 4.79 Å². The van der Waals surface area contributed by atoms with E-state index in [0.29, 0.717) is 16.3 Å². The molecular formula is C24H24ClN3O2. The third-order valence-electron chi connectivity index (χ3n) is 4.60. The highest BCUT2D eigenvalue weighted by atomic mass is 35.5. The van der Waals surface area contributed by atoms with E-state index < -0.39 is 5.97 Å². The van der Waals surface area contributed by atoms with Gasteiger partial charge in [0, 0.05) is 30.2 Å². The van der Waals surface area contributed by atoms with Crippen molar-refractivity contribution in [2.75, 3.05) is 13.1 Å². The standard InChI is InChI=1S/C24H24ClN3O2/c1-3-28(4-2)17-18-7-9-22(10-8-18)27-15-19-12-21(25)14-23(13-19)30-24(29)20-6-5-11-26-16-20/h5-16H,3-4,17H2,1-2H3. The van der Waals surface area contributed by atoms with Gasteiger partial charge in [0.25, 0.3) is 0 Å². The van der Waals surface area contributed by atoms with E-state index in [1.54, 1.807) is 42.7 Å². The first-order chi connectivity index (χ1) is 14.6. The largest absolute Gasteiger partial charge is 0.423 e. The van der Waals surface area contributed by atoms with Crippen molar-refractivity contribution in [2.45, 2.75) is 20.4 Å². The number of hydrogen-bond acceptors (Lipinski definition) is 5. The molecule has 0 radical (unpaired) electrons. The van der Waals surface area contributed by atoms with Crippen molar-refractivity contribution in [3.05, 3.63) is 88.7 Å². The summed E-state index contributed by atoms with van der Waals surface area (Å²) in [4.78, 5) is 23.0. The predicted molar refractivity (Wildman–Crippen MR) is 121 cm³/mol. The number of carbonyl (C=O) groups excluding carboxylic acids is 1. The van der Waals surface area contributed by atoms with E-state index >= 15 is 0 Å². The van der Waals surface area contributed by atoms with Gasteiger partial charge < -0.3 is 4.74 Å². The minimum Gasteiger partial charge on any atom is -0.423 e. The van der Waals surface area contributed by atoms with Gasteiger partial charge in [-0.3, -0.25) is 14.9 Å². The Kier molecular flexibility index (Phi) is 7.71. The lowest BCUT2D eigenvalue weighted by Gasteiger charge is -2.17. The van der Waals surface area contributed by atoms with Crippen LogP contribution < -0.4 is 4.74 Å². The number of halogens is 1. The summed E-state index contributed by atoms with van der Waals surface area (Å²) < 4.78 is 5.42. The minimum absolute atomic E-state index is 0.354. The van der Waals surface area contributed by atoms with Crippen LogP contribution in [0.3, 0.4) is 0 Å². The van der Waals surface area contributed by atoms with Crippen LogP contribution in [0.4, 0.5) is 5.69 Å². The Labute approximate surface area is 182 Å². The number of hydrogen-bond donors (Lipinski definition) is 0. The second-order valence-electron chi connectivity index (χ2n) is 6.74. The van der Waals surface area contributed by atoms with Crippen LogP contribution in [0.1, 0.15) is 35.3 Å². The third-order valence-corrected chi connectivity index (χ3v) is 4.82. The van der Waals surface area contributed by atoms with Crippen molar-refractivity contribution in [3.8, 4) is 5.75 Å². The van der Waals surface area contributed by atoms with Gasteiger partial charge in [0.2, 0.25) is 0 Å². The highest BCUT2D eigenvalue weighted by Crippen LogP contribution is 2.22. The number of aromatic nitrogens is 1. The van der Waals surface area contributed by atoms with E-state index in [1.165, 1.54) is 11.8 Å². The van der Waals surface area contributed by atoms with E-state index in [2.05, 4.69) is 40.9 Å². The average molecular weight is 422 g/mol. The normalized spacial score (nSPS) is 11.2. The Balaban J connectivity index is 1.69. The van der Waals surface area contributed by atoms with Crippen LogP contribution in [0, 0.1) is 0 Å². The zero-order valence-corrected chi connectivity index (χ0v) is 17.8. The van der Waals surface area contributed by atoms with Crippen molar-refractivity contribution in [1.82, 2.24) is 9.88 Å². The molecule has 0 aliphatic carbocycles.